The second kappa shape index (κ2) is 10.6. The minimum Gasteiger partial charge on any atom is -0.491 e. The SMILES string of the molecule is CCOCCOc1ccc([P-]C(=O)c2ccccc2)c(C)c1.[Li+]. The Kier molecular flexibility index (Phi) is 9.22. The molecule has 5 heteroatoms. The van der Waals surface area contributed by atoms with Crippen LogP contribution in [0.15, 0.2) is 48.5 Å². The van der Waals surface area contributed by atoms with E-state index in [2.05, 4.69) is 0 Å². The zero-order valence-electron chi connectivity index (χ0n) is 13.9. The Morgan fingerprint density at radius 1 is 1.09 bits per heavy atom. The number of hydrogen-bond donors (Lipinski definition) is 0. The van der Waals surface area contributed by atoms with Gasteiger partial charge in [0.1, 0.15) is 12.4 Å². The fraction of sp³-hybridized carbons (Fsp3) is 0.278. The molecule has 0 atom stereocenters. The molecule has 0 aromatic heterocycles. The van der Waals surface area contributed by atoms with Gasteiger partial charge in [-0.05, 0) is 31.5 Å². The van der Waals surface area contributed by atoms with Crippen molar-refractivity contribution in [3.8, 4) is 5.75 Å². The summed E-state index contributed by atoms with van der Waals surface area (Å²) in [5, 5.41) is 1.01. The Bertz CT molecular complexity index is 617. The van der Waals surface area contributed by atoms with Crippen molar-refractivity contribution in [2.45, 2.75) is 13.8 Å². The van der Waals surface area contributed by atoms with E-state index >= 15 is 0 Å². The first-order valence-corrected chi connectivity index (χ1v) is 8.22. The van der Waals surface area contributed by atoms with E-state index in [1.54, 1.807) is 0 Å². The number of hydrogen-bond acceptors (Lipinski definition) is 3. The van der Waals surface area contributed by atoms with Crippen LogP contribution in [0.3, 0.4) is 0 Å². The zero-order chi connectivity index (χ0) is 15.8. The third kappa shape index (κ3) is 6.49. The Morgan fingerprint density at radius 3 is 2.48 bits per heavy atom. The average molecular weight is 322 g/mol. The zero-order valence-corrected chi connectivity index (χ0v) is 14.8. The van der Waals surface area contributed by atoms with Gasteiger partial charge in [-0.2, -0.15) is 5.30 Å². The molecule has 3 nitrogen and oxygen atoms in total. The van der Waals surface area contributed by atoms with Gasteiger partial charge in [-0.1, -0.05) is 42.0 Å². The first-order valence-electron chi connectivity index (χ1n) is 7.33. The van der Waals surface area contributed by atoms with E-state index in [-0.39, 0.29) is 24.4 Å². The molecular formula is C18H20LiO3P. The molecule has 2 rings (SSSR count). The van der Waals surface area contributed by atoms with Gasteiger partial charge in [-0.3, -0.25) is 0 Å². The van der Waals surface area contributed by atoms with Crippen molar-refractivity contribution >= 4 is 19.4 Å². The molecule has 0 fully saturated rings. The summed E-state index contributed by atoms with van der Waals surface area (Å²) in [5.74, 6) is 0.809. The van der Waals surface area contributed by atoms with Crippen LogP contribution in [0, 0.1) is 6.92 Å². The monoisotopic (exact) mass is 322 g/mol. The molecule has 2 aromatic carbocycles. The molecular weight excluding hydrogens is 302 g/mol. The molecule has 0 unspecified atom stereocenters. The van der Waals surface area contributed by atoms with E-state index in [0.29, 0.717) is 28.4 Å². The van der Waals surface area contributed by atoms with Crippen molar-refractivity contribution in [2.75, 3.05) is 19.8 Å². The first kappa shape index (κ1) is 19.9. The minimum atomic E-state index is 0. The molecule has 0 saturated carbocycles. The molecule has 0 bridgehead atoms. The summed E-state index contributed by atoms with van der Waals surface area (Å²) >= 11 is 0. The summed E-state index contributed by atoms with van der Waals surface area (Å²) in [6.07, 6.45) is 0. The van der Waals surface area contributed by atoms with Crippen molar-refractivity contribution in [1.82, 2.24) is 0 Å². The van der Waals surface area contributed by atoms with Crippen LogP contribution in [0.25, 0.3) is 0 Å². The molecule has 0 aliphatic heterocycles. The molecule has 116 valence electrons. The van der Waals surface area contributed by atoms with Gasteiger partial charge in [-0.15, -0.1) is 0 Å². The Balaban J connectivity index is 0.00000264. The maximum Gasteiger partial charge on any atom is 1.00 e. The first-order chi connectivity index (χ1) is 10.7. The fourth-order valence-electron chi connectivity index (χ4n) is 1.96. The van der Waals surface area contributed by atoms with Crippen LogP contribution in [0.2, 0.25) is 0 Å². The normalized spacial score (nSPS) is 10.5. The van der Waals surface area contributed by atoms with E-state index < -0.39 is 0 Å². The summed E-state index contributed by atoms with van der Waals surface area (Å²) < 4.78 is 10.9. The van der Waals surface area contributed by atoms with E-state index in [4.69, 9.17) is 9.47 Å². The van der Waals surface area contributed by atoms with Gasteiger partial charge in [0.2, 0.25) is 0 Å². The van der Waals surface area contributed by atoms with Gasteiger partial charge in [0.05, 0.1) is 6.61 Å². The fourth-order valence-corrected chi connectivity index (χ4v) is 2.85. The van der Waals surface area contributed by atoms with E-state index in [1.807, 2.05) is 62.4 Å². The standard InChI is InChI=1S/C18H20O3P.Li/c1-3-20-11-12-21-16-9-10-17(14(2)13-16)22-18(19)15-7-5-4-6-8-15;/h4-10,13H,3,11-12H2,1-2H3;/q-1;+1. The maximum absolute atomic E-state index is 12.2. The maximum atomic E-state index is 12.2. The third-order valence-electron chi connectivity index (χ3n) is 3.11. The van der Waals surface area contributed by atoms with Crippen LogP contribution in [0.5, 0.6) is 5.75 Å². The van der Waals surface area contributed by atoms with Crippen molar-refractivity contribution in [2.24, 2.45) is 0 Å². The minimum absolute atomic E-state index is 0. The van der Waals surface area contributed by atoms with Gasteiger partial charge >= 0.3 is 18.9 Å². The molecule has 0 aliphatic carbocycles. The molecule has 0 aliphatic rings. The van der Waals surface area contributed by atoms with Crippen LogP contribution in [0.4, 0.5) is 0 Å². The number of carbonyl (C=O) groups is 1. The average Bonchev–Trinajstić information content (AvgIpc) is 2.55. The van der Waals surface area contributed by atoms with Gasteiger partial charge in [-0.25, -0.2) is 0 Å². The molecule has 0 radical (unpaired) electrons. The van der Waals surface area contributed by atoms with Gasteiger partial charge in [0, 0.05) is 12.1 Å². The summed E-state index contributed by atoms with van der Waals surface area (Å²) in [4.78, 5) is 12.2. The smallest absolute Gasteiger partial charge is 0.491 e. The second-order valence-corrected chi connectivity index (χ2v) is 5.89. The second-order valence-electron chi connectivity index (χ2n) is 4.78. The van der Waals surface area contributed by atoms with Crippen LogP contribution in [-0.2, 0) is 4.74 Å². The third-order valence-corrected chi connectivity index (χ3v) is 4.32. The number of carbonyl (C=O) groups excluding carboxylic acids is 1. The number of rotatable bonds is 8. The number of benzene rings is 2. The topological polar surface area (TPSA) is 35.5 Å². The largest absolute Gasteiger partial charge is 1.00 e. The van der Waals surface area contributed by atoms with Gasteiger partial charge in [0.15, 0.2) is 0 Å². The summed E-state index contributed by atoms with van der Waals surface area (Å²) in [7, 11) is 0.689. The Labute approximate surface area is 151 Å². The summed E-state index contributed by atoms with van der Waals surface area (Å²) in [6, 6.07) is 15.2. The Morgan fingerprint density at radius 2 is 1.83 bits per heavy atom. The predicted octanol–water partition coefficient (Wildman–Crippen LogP) is 0.826. The van der Waals surface area contributed by atoms with Crippen molar-refractivity contribution < 1.29 is 33.1 Å². The molecule has 0 heterocycles. The molecule has 0 spiro atoms. The van der Waals surface area contributed by atoms with Crippen LogP contribution in [-0.4, -0.2) is 25.3 Å². The number of aryl methyl sites for hydroxylation is 1. The molecule has 0 amide bonds. The van der Waals surface area contributed by atoms with E-state index in [9.17, 15) is 4.79 Å². The van der Waals surface area contributed by atoms with Crippen molar-refractivity contribution in [1.29, 1.82) is 0 Å². The van der Waals surface area contributed by atoms with Gasteiger partial charge < -0.3 is 22.8 Å². The van der Waals surface area contributed by atoms with E-state index in [0.717, 1.165) is 22.2 Å². The molecule has 0 saturated heterocycles. The predicted molar refractivity (Wildman–Crippen MR) is 90.5 cm³/mol. The van der Waals surface area contributed by atoms with E-state index in [1.165, 1.54) is 0 Å². The van der Waals surface area contributed by atoms with Crippen LogP contribution in [0.1, 0.15) is 22.8 Å². The van der Waals surface area contributed by atoms with Crippen LogP contribution < -0.4 is 28.9 Å². The van der Waals surface area contributed by atoms with Crippen molar-refractivity contribution in [3.05, 3.63) is 59.7 Å². The van der Waals surface area contributed by atoms with Gasteiger partial charge in [0.25, 0.3) is 0 Å². The Hall–Kier alpha value is -1.10. The van der Waals surface area contributed by atoms with Crippen LogP contribution >= 0.6 is 8.58 Å². The number of ether oxygens (including phenoxy) is 2. The summed E-state index contributed by atoms with van der Waals surface area (Å²) in [6.45, 7) is 5.77. The summed E-state index contributed by atoms with van der Waals surface area (Å²) in [5.41, 5.74) is 1.90. The van der Waals surface area contributed by atoms with Crippen molar-refractivity contribution in [3.63, 3.8) is 0 Å². The molecule has 0 N–H and O–H groups in total. The molecule has 23 heavy (non-hydrogen) atoms. The quantitative estimate of drug-likeness (QED) is 0.410. The molecule has 2 aromatic rings.